The van der Waals surface area contributed by atoms with Crippen LogP contribution >= 0.6 is 0 Å². The minimum Gasteiger partial charge on any atom is -0.292 e. The van der Waals surface area contributed by atoms with Gasteiger partial charge in [0.05, 0.1) is 27.9 Å². The maximum Gasteiger partial charge on any atom is 0.145 e. The number of rotatable bonds is 5. The topological polar surface area (TPSA) is 35.1 Å². The minimum absolute atomic E-state index is 0.940. The summed E-state index contributed by atoms with van der Waals surface area (Å²) < 4.78 is 4.37. The Balaban J connectivity index is 1.09. The third-order valence-corrected chi connectivity index (χ3v) is 9.14. The van der Waals surface area contributed by atoms with Crippen LogP contribution in [-0.4, -0.2) is 19.2 Å². The molecule has 4 heteroatoms. The molecule has 0 N–H and O–H groups in total. The minimum atomic E-state index is 0.940. The Morgan fingerprint density at radius 2 is 1.11 bits per heavy atom. The molecule has 0 aliphatic rings. The van der Waals surface area contributed by atoms with E-state index in [0.717, 1.165) is 67.3 Å². The predicted molar refractivity (Wildman–Crippen MR) is 194 cm³/mol. The van der Waals surface area contributed by atoms with Crippen molar-refractivity contribution in [2.24, 2.45) is 0 Å². The SMILES string of the molecule is Cc1c(-c2ccc(-c3ccc(-n4c(-c5ccccc5)nc5ccccc54)cc3)cc2)nn2c(-c3ccccc3)cc3ccccc3c12. The third-order valence-electron chi connectivity index (χ3n) is 9.14. The Hall–Kier alpha value is -6.26. The summed E-state index contributed by atoms with van der Waals surface area (Å²) >= 11 is 0. The van der Waals surface area contributed by atoms with Crippen LogP contribution in [0.1, 0.15) is 5.56 Å². The number of nitrogens with zero attached hydrogens (tertiary/aromatic N) is 4. The first-order valence-corrected chi connectivity index (χ1v) is 15.9. The molecule has 9 rings (SSSR count). The average molecular weight is 603 g/mol. The largest absolute Gasteiger partial charge is 0.292 e. The van der Waals surface area contributed by atoms with Crippen molar-refractivity contribution in [2.45, 2.75) is 6.92 Å². The highest BCUT2D eigenvalue weighted by molar-refractivity contribution is 6.01. The Morgan fingerprint density at radius 1 is 0.511 bits per heavy atom. The molecule has 0 saturated carbocycles. The van der Waals surface area contributed by atoms with Crippen molar-refractivity contribution in [3.63, 3.8) is 0 Å². The lowest BCUT2D eigenvalue weighted by atomic mass is 10.00. The summed E-state index contributed by atoms with van der Waals surface area (Å²) in [5, 5.41) is 7.64. The first-order valence-electron chi connectivity index (χ1n) is 15.9. The first kappa shape index (κ1) is 27.1. The van der Waals surface area contributed by atoms with Gasteiger partial charge in [0.15, 0.2) is 0 Å². The number of aromatic nitrogens is 4. The molecule has 0 atom stereocenters. The highest BCUT2D eigenvalue weighted by Gasteiger charge is 2.18. The molecule has 0 aliphatic carbocycles. The van der Waals surface area contributed by atoms with E-state index in [2.05, 4.69) is 168 Å². The van der Waals surface area contributed by atoms with E-state index in [4.69, 9.17) is 10.1 Å². The number of aryl methyl sites for hydroxylation is 1. The molecule has 0 aliphatic heterocycles. The van der Waals surface area contributed by atoms with Gasteiger partial charge in [-0.1, -0.05) is 133 Å². The third kappa shape index (κ3) is 4.53. The lowest BCUT2D eigenvalue weighted by Gasteiger charge is -2.11. The van der Waals surface area contributed by atoms with Crippen molar-refractivity contribution in [2.75, 3.05) is 0 Å². The summed E-state index contributed by atoms with van der Waals surface area (Å²) in [5.74, 6) is 0.940. The number of benzene rings is 6. The number of fused-ring (bicyclic) bond motifs is 4. The molecule has 0 saturated heterocycles. The number of imidazole rings is 1. The molecule has 0 spiro atoms. The number of hydrogen-bond donors (Lipinski definition) is 0. The van der Waals surface area contributed by atoms with Crippen LogP contribution < -0.4 is 0 Å². The van der Waals surface area contributed by atoms with Gasteiger partial charge in [-0.25, -0.2) is 9.50 Å². The smallest absolute Gasteiger partial charge is 0.145 e. The van der Waals surface area contributed by atoms with Crippen LogP contribution in [0.4, 0.5) is 0 Å². The van der Waals surface area contributed by atoms with E-state index < -0.39 is 0 Å². The van der Waals surface area contributed by atoms with E-state index in [9.17, 15) is 0 Å². The van der Waals surface area contributed by atoms with E-state index in [1.807, 2.05) is 12.1 Å². The van der Waals surface area contributed by atoms with Crippen molar-refractivity contribution >= 4 is 27.3 Å². The van der Waals surface area contributed by atoms with Gasteiger partial charge < -0.3 is 0 Å². The normalized spacial score (nSPS) is 11.5. The molecule has 0 bridgehead atoms. The highest BCUT2D eigenvalue weighted by Crippen LogP contribution is 2.36. The van der Waals surface area contributed by atoms with Crippen LogP contribution in [0, 0.1) is 6.92 Å². The van der Waals surface area contributed by atoms with E-state index >= 15 is 0 Å². The molecule has 47 heavy (non-hydrogen) atoms. The maximum absolute atomic E-state index is 5.22. The Labute approximate surface area is 272 Å². The van der Waals surface area contributed by atoms with E-state index in [1.54, 1.807) is 0 Å². The van der Waals surface area contributed by atoms with E-state index in [1.165, 1.54) is 16.3 Å². The number of hydrogen-bond acceptors (Lipinski definition) is 2. The van der Waals surface area contributed by atoms with Gasteiger partial charge in [0.1, 0.15) is 5.82 Å². The van der Waals surface area contributed by atoms with Crippen molar-refractivity contribution in [3.8, 4) is 50.7 Å². The zero-order valence-electron chi connectivity index (χ0n) is 25.9. The standard InChI is InChI=1S/C43H30N4/c1-29-41(45-47-40(32-12-4-2-5-13-32)28-35-16-8-9-17-37(35)42(29)47)33-22-20-30(21-23-33)31-24-26-36(27-25-31)46-39-19-11-10-18-38(39)44-43(46)34-14-6-3-7-15-34/h2-28H,1H3. The monoisotopic (exact) mass is 602 g/mol. The molecule has 0 amide bonds. The summed E-state index contributed by atoms with van der Waals surface area (Å²) in [4.78, 5) is 5.00. The van der Waals surface area contributed by atoms with Gasteiger partial charge in [0, 0.05) is 33.3 Å². The molecule has 222 valence electrons. The average Bonchev–Trinajstić information content (AvgIpc) is 3.71. The quantitative estimate of drug-likeness (QED) is 0.196. The number of para-hydroxylation sites is 2. The Kier molecular flexibility index (Phi) is 6.32. The highest BCUT2D eigenvalue weighted by atomic mass is 15.2. The van der Waals surface area contributed by atoms with Gasteiger partial charge in [0.2, 0.25) is 0 Å². The first-order chi connectivity index (χ1) is 23.2. The maximum atomic E-state index is 5.22. The molecule has 6 aromatic carbocycles. The van der Waals surface area contributed by atoms with Crippen molar-refractivity contribution in [3.05, 3.63) is 169 Å². The van der Waals surface area contributed by atoms with Gasteiger partial charge in [0.25, 0.3) is 0 Å². The van der Waals surface area contributed by atoms with Gasteiger partial charge in [-0.05, 0) is 53.8 Å². The second-order valence-corrected chi connectivity index (χ2v) is 12.0. The second kappa shape index (κ2) is 11.0. The predicted octanol–water partition coefficient (Wildman–Crippen LogP) is 10.8. The lowest BCUT2D eigenvalue weighted by molar-refractivity contribution is 0.979. The van der Waals surface area contributed by atoms with Crippen LogP contribution in [0.3, 0.4) is 0 Å². The molecule has 0 radical (unpaired) electrons. The van der Waals surface area contributed by atoms with E-state index in [-0.39, 0.29) is 0 Å². The molecular weight excluding hydrogens is 573 g/mol. The van der Waals surface area contributed by atoms with Crippen molar-refractivity contribution in [1.29, 1.82) is 0 Å². The summed E-state index contributed by atoms with van der Waals surface area (Å²) in [7, 11) is 0. The van der Waals surface area contributed by atoms with Gasteiger partial charge in [-0.2, -0.15) is 5.10 Å². The zero-order chi connectivity index (χ0) is 31.3. The van der Waals surface area contributed by atoms with Crippen molar-refractivity contribution < 1.29 is 0 Å². The number of pyridine rings is 1. The van der Waals surface area contributed by atoms with E-state index in [0.29, 0.717) is 0 Å². The second-order valence-electron chi connectivity index (χ2n) is 12.0. The molecule has 0 fully saturated rings. The molecule has 0 unspecified atom stereocenters. The Morgan fingerprint density at radius 3 is 1.85 bits per heavy atom. The molecule has 3 heterocycles. The van der Waals surface area contributed by atoms with Crippen LogP contribution in [0.25, 0.3) is 78.0 Å². The van der Waals surface area contributed by atoms with Gasteiger partial charge >= 0.3 is 0 Å². The Bertz CT molecular complexity index is 2540. The van der Waals surface area contributed by atoms with Crippen LogP contribution in [0.15, 0.2) is 164 Å². The summed E-state index contributed by atoms with van der Waals surface area (Å²) in [6.07, 6.45) is 0. The van der Waals surface area contributed by atoms with Crippen molar-refractivity contribution in [1.82, 2.24) is 19.2 Å². The van der Waals surface area contributed by atoms with Crippen LogP contribution in [0.5, 0.6) is 0 Å². The zero-order valence-corrected chi connectivity index (χ0v) is 25.9. The molecule has 9 aromatic rings. The van der Waals surface area contributed by atoms with Crippen LogP contribution in [-0.2, 0) is 0 Å². The fraction of sp³-hybridized carbons (Fsp3) is 0.0233. The molecular formula is C43H30N4. The molecule has 4 nitrogen and oxygen atoms in total. The summed E-state index contributed by atoms with van der Waals surface area (Å²) in [6.45, 7) is 2.19. The van der Waals surface area contributed by atoms with Gasteiger partial charge in [-0.3, -0.25) is 4.57 Å². The summed E-state index contributed by atoms with van der Waals surface area (Å²) in [5.41, 5.74) is 13.2. The fourth-order valence-electron chi connectivity index (χ4n) is 6.81. The fourth-order valence-corrected chi connectivity index (χ4v) is 6.81. The molecule has 3 aromatic heterocycles. The lowest BCUT2D eigenvalue weighted by Crippen LogP contribution is -1.97. The van der Waals surface area contributed by atoms with Gasteiger partial charge in [-0.15, -0.1) is 0 Å². The summed E-state index contributed by atoms with van der Waals surface area (Å²) in [6, 6.07) is 57.6. The van der Waals surface area contributed by atoms with Crippen LogP contribution in [0.2, 0.25) is 0 Å².